The highest BCUT2D eigenvalue weighted by atomic mass is 15.2. The molecule has 3 nitrogen and oxygen atoms in total. The van der Waals surface area contributed by atoms with Crippen LogP contribution in [-0.2, 0) is 6.54 Å². The summed E-state index contributed by atoms with van der Waals surface area (Å²) in [5, 5.41) is 18.4. The Balaban J connectivity index is 1.90. The molecule has 1 aliphatic carbocycles. The number of allylic oxidation sites excluding steroid dienone is 1. The highest BCUT2D eigenvalue weighted by Crippen LogP contribution is 2.43. The monoisotopic (exact) mass is 305 g/mol. The van der Waals surface area contributed by atoms with Crippen LogP contribution in [0.1, 0.15) is 42.7 Å². The molecule has 0 amide bonds. The van der Waals surface area contributed by atoms with Crippen LogP contribution in [0.4, 0.5) is 0 Å². The van der Waals surface area contributed by atoms with Gasteiger partial charge >= 0.3 is 0 Å². The smallest absolute Gasteiger partial charge is 0.102 e. The zero-order chi connectivity index (χ0) is 16.2. The second-order valence-corrected chi connectivity index (χ2v) is 6.16. The predicted octanol–water partition coefficient (Wildman–Crippen LogP) is 5.07. The van der Waals surface area contributed by atoms with E-state index >= 15 is 0 Å². The number of hydrogen-bond donors (Lipinski definition) is 2. The number of fused-ring (bicyclic) bond motifs is 1. The fraction of sp³-hybridized carbons (Fsp3) is 0.300. The fourth-order valence-electron chi connectivity index (χ4n) is 3.06. The molecule has 1 fully saturated rings. The number of rotatable bonds is 7. The van der Waals surface area contributed by atoms with Crippen LogP contribution in [0.2, 0.25) is 0 Å². The van der Waals surface area contributed by atoms with E-state index in [1.54, 1.807) is 4.90 Å². The Morgan fingerprint density at radius 3 is 2.57 bits per heavy atom. The SMILES string of the molecule is C=CCCC(=N)N(C=N)Cc1ccc(C2CC2)c2ccccc12. The molecule has 0 unspecified atom stereocenters. The van der Waals surface area contributed by atoms with Crippen molar-refractivity contribution in [2.45, 2.75) is 38.1 Å². The quantitative estimate of drug-likeness (QED) is 0.419. The van der Waals surface area contributed by atoms with Crippen molar-refractivity contribution in [2.75, 3.05) is 0 Å². The van der Waals surface area contributed by atoms with Gasteiger partial charge in [0, 0.05) is 6.42 Å². The second kappa shape index (κ2) is 6.78. The van der Waals surface area contributed by atoms with Gasteiger partial charge in [-0.15, -0.1) is 6.58 Å². The Hall–Kier alpha value is -2.42. The van der Waals surface area contributed by atoms with E-state index in [1.165, 1.54) is 41.1 Å². The molecule has 118 valence electrons. The lowest BCUT2D eigenvalue weighted by Gasteiger charge is -2.21. The second-order valence-electron chi connectivity index (χ2n) is 6.16. The Labute approximate surface area is 137 Å². The van der Waals surface area contributed by atoms with Crippen molar-refractivity contribution >= 4 is 22.9 Å². The molecule has 0 spiro atoms. The summed E-state index contributed by atoms with van der Waals surface area (Å²) < 4.78 is 0. The van der Waals surface area contributed by atoms with Crippen LogP contribution < -0.4 is 0 Å². The summed E-state index contributed by atoms with van der Waals surface area (Å²) in [6, 6.07) is 12.9. The van der Waals surface area contributed by atoms with E-state index in [0.717, 1.165) is 12.3 Å². The third-order valence-electron chi connectivity index (χ3n) is 4.49. The highest BCUT2D eigenvalue weighted by molar-refractivity contribution is 5.92. The van der Waals surface area contributed by atoms with E-state index in [-0.39, 0.29) is 0 Å². The number of amidine groups is 1. The minimum Gasteiger partial charge on any atom is -0.317 e. The molecule has 1 saturated carbocycles. The van der Waals surface area contributed by atoms with Gasteiger partial charge in [-0.2, -0.15) is 0 Å². The van der Waals surface area contributed by atoms with Gasteiger partial charge in [0.15, 0.2) is 0 Å². The van der Waals surface area contributed by atoms with Crippen LogP contribution >= 0.6 is 0 Å². The minimum atomic E-state index is 0.468. The molecule has 0 radical (unpaired) electrons. The average Bonchev–Trinajstić information content (AvgIpc) is 3.42. The third kappa shape index (κ3) is 3.34. The van der Waals surface area contributed by atoms with Crippen molar-refractivity contribution in [3.8, 4) is 0 Å². The van der Waals surface area contributed by atoms with Crippen molar-refractivity contribution in [3.05, 3.63) is 60.2 Å². The van der Waals surface area contributed by atoms with E-state index in [9.17, 15) is 0 Å². The zero-order valence-corrected chi connectivity index (χ0v) is 13.4. The summed E-state index contributed by atoms with van der Waals surface area (Å²) in [5.41, 5.74) is 2.63. The molecule has 0 bridgehead atoms. The van der Waals surface area contributed by atoms with E-state index in [4.69, 9.17) is 10.8 Å². The Kier molecular flexibility index (Phi) is 4.56. The number of benzene rings is 2. The molecule has 1 aliphatic rings. The van der Waals surface area contributed by atoms with Gasteiger partial charge in [-0.05, 0) is 47.1 Å². The molecule has 0 heterocycles. The van der Waals surface area contributed by atoms with Crippen molar-refractivity contribution < 1.29 is 0 Å². The van der Waals surface area contributed by atoms with E-state index in [2.05, 4.69) is 43.0 Å². The Bertz CT molecular complexity index is 744. The first-order valence-corrected chi connectivity index (χ1v) is 8.20. The van der Waals surface area contributed by atoms with E-state index < -0.39 is 0 Å². The summed E-state index contributed by atoms with van der Waals surface area (Å²) in [7, 11) is 0. The van der Waals surface area contributed by atoms with Crippen LogP contribution in [0.15, 0.2) is 49.1 Å². The maximum atomic E-state index is 8.15. The third-order valence-corrected chi connectivity index (χ3v) is 4.49. The maximum Gasteiger partial charge on any atom is 0.102 e. The maximum absolute atomic E-state index is 8.15. The number of hydrogen-bond acceptors (Lipinski definition) is 2. The lowest BCUT2D eigenvalue weighted by atomic mass is 9.96. The van der Waals surface area contributed by atoms with E-state index in [0.29, 0.717) is 18.8 Å². The first-order valence-electron chi connectivity index (χ1n) is 8.20. The molecular formula is C20H23N3. The standard InChI is InChI=1S/C20H23N3/c1-2-3-8-20(22)23(14-21)13-16-11-12-18(15-9-10-15)19-7-5-4-6-17(16)19/h2,4-7,11-12,14-15,21-22H,1,3,8-10,13H2. The van der Waals surface area contributed by atoms with Crippen molar-refractivity contribution in [3.63, 3.8) is 0 Å². The first-order chi connectivity index (χ1) is 11.2. The summed E-state index contributed by atoms with van der Waals surface area (Å²) in [6.07, 6.45) is 7.05. The van der Waals surface area contributed by atoms with Gasteiger partial charge in [-0.1, -0.05) is 42.5 Å². The van der Waals surface area contributed by atoms with Gasteiger partial charge in [0.05, 0.1) is 12.9 Å². The van der Waals surface area contributed by atoms with Crippen molar-refractivity contribution in [1.82, 2.24) is 4.90 Å². The lowest BCUT2D eigenvalue weighted by Crippen LogP contribution is -2.28. The summed E-state index contributed by atoms with van der Waals surface area (Å²) in [4.78, 5) is 1.71. The van der Waals surface area contributed by atoms with Crippen LogP contribution in [0.25, 0.3) is 10.8 Å². The molecule has 3 heteroatoms. The van der Waals surface area contributed by atoms with Gasteiger partial charge in [-0.25, -0.2) is 0 Å². The first kappa shape index (κ1) is 15.5. The van der Waals surface area contributed by atoms with E-state index in [1.807, 2.05) is 6.08 Å². The lowest BCUT2D eigenvalue weighted by molar-refractivity contribution is 0.598. The molecule has 2 aromatic rings. The van der Waals surface area contributed by atoms with Crippen LogP contribution in [-0.4, -0.2) is 17.1 Å². The molecule has 0 aliphatic heterocycles. The molecule has 0 aromatic heterocycles. The van der Waals surface area contributed by atoms with Crippen LogP contribution in [0.3, 0.4) is 0 Å². The molecule has 2 aromatic carbocycles. The largest absolute Gasteiger partial charge is 0.317 e. The van der Waals surface area contributed by atoms with Crippen molar-refractivity contribution in [2.24, 2.45) is 0 Å². The number of nitrogens with one attached hydrogen (secondary N) is 2. The molecule has 23 heavy (non-hydrogen) atoms. The minimum absolute atomic E-state index is 0.468. The summed E-state index contributed by atoms with van der Waals surface area (Å²) >= 11 is 0. The Morgan fingerprint density at radius 2 is 1.91 bits per heavy atom. The van der Waals surface area contributed by atoms with Crippen molar-refractivity contribution in [1.29, 1.82) is 10.8 Å². The van der Waals surface area contributed by atoms with Gasteiger partial charge < -0.3 is 4.90 Å². The summed E-state index contributed by atoms with van der Waals surface area (Å²) in [6.45, 7) is 4.28. The van der Waals surface area contributed by atoms with Gasteiger partial charge in [-0.3, -0.25) is 10.8 Å². The summed E-state index contributed by atoms with van der Waals surface area (Å²) in [5.74, 6) is 1.19. The fourth-order valence-corrected chi connectivity index (χ4v) is 3.06. The molecular weight excluding hydrogens is 282 g/mol. The highest BCUT2D eigenvalue weighted by Gasteiger charge is 2.25. The van der Waals surface area contributed by atoms with Gasteiger partial charge in [0.2, 0.25) is 0 Å². The molecule has 3 rings (SSSR count). The molecule has 0 atom stereocenters. The predicted molar refractivity (Wildman–Crippen MR) is 97.4 cm³/mol. The molecule has 0 saturated heterocycles. The normalized spacial score (nSPS) is 13.7. The topological polar surface area (TPSA) is 50.9 Å². The Morgan fingerprint density at radius 1 is 1.17 bits per heavy atom. The van der Waals surface area contributed by atoms with Crippen LogP contribution in [0, 0.1) is 10.8 Å². The number of nitrogens with zero attached hydrogens (tertiary/aromatic N) is 1. The van der Waals surface area contributed by atoms with Gasteiger partial charge in [0.25, 0.3) is 0 Å². The molecule has 2 N–H and O–H groups in total. The van der Waals surface area contributed by atoms with Crippen LogP contribution in [0.5, 0.6) is 0 Å². The zero-order valence-electron chi connectivity index (χ0n) is 13.4. The average molecular weight is 305 g/mol. The van der Waals surface area contributed by atoms with Gasteiger partial charge in [0.1, 0.15) is 5.84 Å².